The predicted molar refractivity (Wildman–Crippen MR) is 79.5 cm³/mol. The molecule has 0 saturated carbocycles. The highest BCUT2D eigenvalue weighted by Gasteiger charge is 2.34. The van der Waals surface area contributed by atoms with Crippen molar-refractivity contribution in [2.75, 3.05) is 6.54 Å². The van der Waals surface area contributed by atoms with E-state index >= 15 is 0 Å². The molecule has 0 unspecified atom stereocenters. The monoisotopic (exact) mass is 344 g/mol. The number of carboxylic acid groups (broad SMARTS) is 1. The Labute approximate surface area is 137 Å². The van der Waals surface area contributed by atoms with Crippen molar-refractivity contribution < 1.29 is 27.9 Å². The maximum absolute atomic E-state index is 12.7. The number of hydrogen-bond acceptors (Lipinski definition) is 3. The molecule has 5 nitrogen and oxygen atoms in total. The Bertz CT molecular complexity index is 631. The Balaban J connectivity index is 2.21. The van der Waals surface area contributed by atoms with Gasteiger partial charge >= 0.3 is 12.1 Å². The average Bonchev–Trinajstić information content (AvgIpc) is 2.51. The van der Waals surface area contributed by atoms with Gasteiger partial charge in [-0.25, -0.2) is 4.98 Å². The molecule has 0 radical (unpaired) electrons. The van der Waals surface area contributed by atoms with Crippen molar-refractivity contribution in [3.63, 3.8) is 0 Å². The van der Waals surface area contributed by atoms with Crippen LogP contribution in [0.5, 0.6) is 0 Å². The van der Waals surface area contributed by atoms with Gasteiger partial charge in [-0.3, -0.25) is 9.59 Å². The molecule has 2 heterocycles. The van der Waals surface area contributed by atoms with Gasteiger partial charge < -0.3 is 10.0 Å². The van der Waals surface area contributed by atoms with Crippen LogP contribution in [-0.4, -0.2) is 39.5 Å². The number of piperidine rings is 1. The normalized spacial score (nSPS) is 18.5. The van der Waals surface area contributed by atoms with Gasteiger partial charge in [-0.1, -0.05) is 0 Å². The number of amides is 1. The van der Waals surface area contributed by atoms with Crippen LogP contribution in [0.1, 0.15) is 53.8 Å². The summed E-state index contributed by atoms with van der Waals surface area (Å²) in [6.45, 7) is 1.85. The third kappa shape index (κ3) is 4.24. The molecular formula is C16H19F3N2O3. The van der Waals surface area contributed by atoms with Crippen LogP contribution in [0.2, 0.25) is 0 Å². The first-order valence-corrected chi connectivity index (χ1v) is 7.77. The second-order valence-corrected chi connectivity index (χ2v) is 5.91. The fourth-order valence-corrected chi connectivity index (χ4v) is 2.96. The number of aromatic nitrogens is 1. The molecule has 1 aliphatic heterocycles. The van der Waals surface area contributed by atoms with Gasteiger partial charge in [0.15, 0.2) is 0 Å². The van der Waals surface area contributed by atoms with E-state index in [1.54, 1.807) is 4.90 Å². The van der Waals surface area contributed by atoms with Gasteiger partial charge in [-0.15, -0.1) is 0 Å². The summed E-state index contributed by atoms with van der Waals surface area (Å²) in [6, 6.07) is 1.75. The molecule has 0 spiro atoms. The predicted octanol–water partition coefficient (Wildman–Crippen LogP) is 3.27. The van der Waals surface area contributed by atoms with Gasteiger partial charge in [0.25, 0.3) is 5.91 Å². The second kappa shape index (κ2) is 7.19. The second-order valence-electron chi connectivity index (χ2n) is 5.91. The lowest BCUT2D eigenvalue weighted by Crippen LogP contribution is -2.44. The molecule has 1 N–H and O–H groups in total. The number of nitrogens with zero attached hydrogens (tertiary/aromatic N) is 2. The molecule has 1 saturated heterocycles. The van der Waals surface area contributed by atoms with Crippen molar-refractivity contribution >= 4 is 11.9 Å². The van der Waals surface area contributed by atoms with Crippen LogP contribution in [0, 0.1) is 6.92 Å². The minimum Gasteiger partial charge on any atom is -0.481 e. The lowest BCUT2D eigenvalue weighted by molar-refractivity contribution is -0.141. The van der Waals surface area contributed by atoms with E-state index in [1.165, 1.54) is 6.92 Å². The molecule has 8 heteroatoms. The molecular weight excluding hydrogens is 325 g/mol. The van der Waals surface area contributed by atoms with Gasteiger partial charge in [0.1, 0.15) is 5.69 Å². The number of pyridine rings is 1. The number of aryl methyl sites for hydroxylation is 1. The summed E-state index contributed by atoms with van der Waals surface area (Å²) < 4.78 is 38.0. The van der Waals surface area contributed by atoms with Crippen LogP contribution in [0.25, 0.3) is 0 Å². The number of carbonyl (C=O) groups excluding carboxylic acids is 1. The lowest BCUT2D eigenvalue weighted by atomic mass is 9.96. The zero-order chi connectivity index (χ0) is 17.9. The van der Waals surface area contributed by atoms with Crippen LogP contribution in [0.15, 0.2) is 12.1 Å². The molecule has 0 bridgehead atoms. The third-order valence-corrected chi connectivity index (χ3v) is 4.19. The number of likely N-dealkylation sites (tertiary alicyclic amines) is 1. The van der Waals surface area contributed by atoms with Crippen molar-refractivity contribution in [2.24, 2.45) is 0 Å². The molecule has 132 valence electrons. The molecule has 1 aromatic heterocycles. The molecule has 2 rings (SSSR count). The van der Waals surface area contributed by atoms with Gasteiger partial charge in [0, 0.05) is 19.0 Å². The number of carboxylic acids is 1. The summed E-state index contributed by atoms with van der Waals surface area (Å²) >= 11 is 0. The fourth-order valence-electron chi connectivity index (χ4n) is 2.96. The SMILES string of the molecule is Cc1nc(C(F)(F)F)ccc1C(=O)N1CCCC[C@H]1CCC(=O)O. The van der Waals surface area contributed by atoms with E-state index in [-0.39, 0.29) is 29.6 Å². The van der Waals surface area contributed by atoms with Crippen molar-refractivity contribution in [1.29, 1.82) is 0 Å². The Morgan fingerprint density at radius 2 is 2.04 bits per heavy atom. The van der Waals surface area contributed by atoms with Crippen LogP contribution < -0.4 is 0 Å². The first-order valence-electron chi connectivity index (χ1n) is 7.77. The number of rotatable bonds is 4. The van der Waals surface area contributed by atoms with Gasteiger partial charge in [0.2, 0.25) is 0 Å². The largest absolute Gasteiger partial charge is 0.481 e. The van der Waals surface area contributed by atoms with Crippen molar-refractivity contribution in [3.05, 3.63) is 29.1 Å². The molecule has 1 amide bonds. The number of carbonyl (C=O) groups is 2. The minimum absolute atomic E-state index is 0.0254. The summed E-state index contributed by atoms with van der Waals surface area (Å²) in [6.07, 6.45) is -1.86. The Morgan fingerprint density at radius 3 is 2.62 bits per heavy atom. The smallest absolute Gasteiger partial charge is 0.433 e. The highest BCUT2D eigenvalue weighted by Crippen LogP contribution is 2.29. The molecule has 0 aliphatic carbocycles. The van der Waals surface area contributed by atoms with E-state index in [4.69, 9.17) is 5.11 Å². The van der Waals surface area contributed by atoms with Crippen LogP contribution in [0.4, 0.5) is 13.2 Å². The van der Waals surface area contributed by atoms with E-state index in [0.717, 1.165) is 25.0 Å². The van der Waals surface area contributed by atoms with Crippen LogP contribution >= 0.6 is 0 Å². The van der Waals surface area contributed by atoms with E-state index in [2.05, 4.69) is 4.98 Å². The van der Waals surface area contributed by atoms with E-state index in [9.17, 15) is 22.8 Å². The molecule has 1 fully saturated rings. The van der Waals surface area contributed by atoms with Crippen molar-refractivity contribution in [2.45, 2.75) is 51.2 Å². The first-order chi connectivity index (χ1) is 11.2. The van der Waals surface area contributed by atoms with Crippen molar-refractivity contribution in [3.8, 4) is 0 Å². The third-order valence-electron chi connectivity index (χ3n) is 4.19. The number of hydrogen-bond donors (Lipinski definition) is 1. The zero-order valence-corrected chi connectivity index (χ0v) is 13.3. The number of halogens is 3. The van der Waals surface area contributed by atoms with Crippen LogP contribution in [-0.2, 0) is 11.0 Å². The molecule has 0 aromatic carbocycles. The summed E-state index contributed by atoms with van der Waals surface area (Å²) in [5, 5.41) is 8.82. The first kappa shape index (κ1) is 18.2. The molecule has 24 heavy (non-hydrogen) atoms. The van der Waals surface area contributed by atoms with Crippen molar-refractivity contribution in [1.82, 2.24) is 9.88 Å². The molecule has 1 aliphatic rings. The quantitative estimate of drug-likeness (QED) is 0.910. The summed E-state index contributed by atoms with van der Waals surface area (Å²) in [5.74, 6) is -1.32. The van der Waals surface area contributed by atoms with Gasteiger partial charge in [0.05, 0.1) is 11.3 Å². The van der Waals surface area contributed by atoms with Crippen LogP contribution in [0.3, 0.4) is 0 Å². The maximum Gasteiger partial charge on any atom is 0.433 e. The number of aliphatic carboxylic acids is 1. The van der Waals surface area contributed by atoms with E-state index in [1.807, 2.05) is 0 Å². The molecule has 1 aromatic rings. The summed E-state index contributed by atoms with van der Waals surface area (Å²) in [7, 11) is 0. The lowest BCUT2D eigenvalue weighted by Gasteiger charge is -2.36. The minimum atomic E-state index is -4.55. The zero-order valence-electron chi connectivity index (χ0n) is 13.3. The maximum atomic E-state index is 12.7. The average molecular weight is 344 g/mol. The molecule has 1 atom stereocenters. The Morgan fingerprint density at radius 1 is 1.33 bits per heavy atom. The van der Waals surface area contributed by atoms with E-state index in [0.29, 0.717) is 19.4 Å². The standard InChI is InChI=1S/C16H19F3N2O3/c1-10-12(6-7-13(20-10)16(17,18)19)15(24)21-9-3-2-4-11(21)5-8-14(22)23/h6-7,11H,2-5,8-9H2,1H3,(H,22,23)/t11-/m0/s1. The highest BCUT2D eigenvalue weighted by molar-refractivity contribution is 5.95. The fraction of sp³-hybridized carbons (Fsp3) is 0.562. The Kier molecular flexibility index (Phi) is 5.46. The Hall–Kier alpha value is -2.12. The van der Waals surface area contributed by atoms with Gasteiger partial charge in [-0.05, 0) is 44.7 Å². The van der Waals surface area contributed by atoms with Gasteiger partial charge in [-0.2, -0.15) is 13.2 Å². The topological polar surface area (TPSA) is 70.5 Å². The number of alkyl halides is 3. The van der Waals surface area contributed by atoms with E-state index < -0.39 is 17.8 Å². The summed E-state index contributed by atoms with van der Waals surface area (Å²) in [5.41, 5.74) is -0.875. The highest BCUT2D eigenvalue weighted by atomic mass is 19.4. The summed E-state index contributed by atoms with van der Waals surface area (Å²) in [4.78, 5) is 28.5.